The highest BCUT2D eigenvalue weighted by molar-refractivity contribution is 5.89. The summed E-state index contributed by atoms with van der Waals surface area (Å²) in [4.78, 5) is 21.5. The van der Waals surface area contributed by atoms with Crippen LogP contribution in [0.15, 0.2) is 30.3 Å². The molecule has 0 spiro atoms. The molecule has 0 saturated carbocycles. The molecular weight excluding hydrogens is 184 g/mol. The molecule has 0 saturated heterocycles. The zero-order valence-corrected chi connectivity index (χ0v) is 7.42. The van der Waals surface area contributed by atoms with E-state index < -0.39 is 18.5 Å². The maximum atomic E-state index is 11.2. The molecule has 1 atom stereocenters. The molecule has 0 heterocycles. The topological polar surface area (TPSA) is 63.6 Å². The number of rotatable bonds is 4. The van der Waals surface area contributed by atoms with E-state index in [0.717, 1.165) is 0 Å². The monoisotopic (exact) mass is 194 g/mol. The largest absolute Gasteiger partial charge is 0.426 e. The molecule has 1 aromatic rings. The van der Waals surface area contributed by atoms with E-state index in [1.807, 2.05) is 0 Å². The van der Waals surface area contributed by atoms with E-state index in [1.165, 1.54) is 0 Å². The summed E-state index contributed by atoms with van der Waals surface area (Å²) >= 11 is 0. The number of carbonyl (C=O) groups excluding carboxylic acids is 2. The highest BCUT2D eigenvalue weighted by atomic mass is 16.5. The fourth-order valence-electron chi connectivity index (χ4n) is 0.854. The number of esters is 1. The summed E-state index contributed by atoms with van der Waals surface area (Å²) in [7, 11) is 0. The van der Waals surface area contributed by atoms with Crippen molar-refractivity contribution in [3.8, 4) is 5.75 Å². The Labute approximate surface area is 81.1 Å². The van der Waals surface area contributed by atoms with Crippen LogP contribution in [0.2, 0.25) is 0 Å². The first-order valence-electron chi connectivity index (χ1n) is 4.11. The molecule has 1 N–H and O–H groups in total. The Morgan fingerprint density at radius 3 is 2.57 bits per heavy atom. The summed E-state index contributed by atoms with van der Waals surface area (Å²) in [5.41, 5.74) is 0. The van der Waals surface area contributed by atoms with Gasteiger partial charge in [-0.25, -0.2) is 0 Å². The standard InChI is InChI=1S/C10H10O4/c11-6-8(7-12)10(13)14-9-4-2-1-3-5-9/h1-6,8,12H,7H2. The van der Waals surface area contributed by atoms with Gasteiger partial charge >= 0.3 is 5.97 Å². The molecular formula is C10H10O4. The molecule has 4 heteroatoms. The van der Waals surface area contributed by atoms with Crippen LogP contribution in [-0.4, -0.2) is 24.0 Å². The fourth-order valence-corrected chi connectivity index (χ4v) is 0.854. The number of para-hydroxylation sites is 1. The molecule has 0 aliphatic heterocycles. The Morgan fingerprint density at radius 1 is 1.43 bits per heavy atom. The minimum atomic E-state index is -1.10. The maximum Gasteiger partial charge on any atom is 0.323 e. The number of hydrogen-bond donors (Lipinski definition) is 1. The highest BCUT2D eigenvalue weighted by Crippen LogP contribution is 2.10. The van der Waals surface area contributed by atoms with Crippen molar-refractivity contribution < 1.29 is 19.4 Å². The summed E-state index contributed by atoms with van der Waals surface area (Å²) in [5, 5.41) is 8.64. The number of aliphatic hydroxyl groups is 1. The van der Waals surface area contributed by atoms with Crippen molar-refractivity contribution in [2.45, 2.75) is 0 Å². The van der Waals surface area contributed by atoms with Gasteiger partial charge in [-0.15, -0.1) is 0 Å². The second-order valence-electron chi connectivity index (χ2n) is 2.66. The summed E-state index contributed by atoms with van der Waals surface area (Å²) < 4.78 is 4.83. The van der Waals surface area contributed by atoms with Crippen LogP contribution in [0.4, 0.5) is 0 Å². The van der Waals surface area contributed by atoms with Crippen LogP contribution in [0.5, 0.6) is 5.75 Å². The van der Waals surface area contributed by atoms with E-state index in [0.29, 0.717) is 12.0 Å². The van der Waals surface area contributed by atoms with Crippen molar-refractivity contribution in [3.05, 3.63) is 30.3 Å². The van der Waals surface area contributed by atoms with Crippen molar-refractivity contribution >= 4 is 12.3 Å². The van der Waals surface area contributed by atoms with Crippen LogP contribution in [-0.2, 0) is 9.59 Å². The molecule has 0 fully saturated rings. The van der Waals surface area contributed by atoms with Gasteiger partial charge in [0.05, 0.1) is 6.61 Å². The van der Waals surface area contributed by atoms with Crippen molar-refractivity contribution in [1.82, 2.24) is 0 Å². The number of aliphatic hydroxyl groups excluding tert-OH is 1. The summed E-state index contributed by atoms with van der Waals surface area (Å²) in [5.74, 6) is -1.48. The van der Waals surface area contributed by atoms with E-state index in [2.05, 4.69) is 0 Å². The third-order valence-electron chi connectivity index (χ3n) is 1.63. The van der Waals surface area contributed by atoms with Gasteiger partial charge in [0.1, 0.15) is 18.0 Å². The molecule has 0 bridgehead atoms. The van der Waals surface area contributed by atoms with Crippen LogP contribution in [0.3, 0.4) is 0 Å². The normalized spacial score (nSPS) is 11.8. The Morgan fingerprint density at radius 2 is 2.07 bits per heavy atom. The first-order chi connectivity index (χ1) is 6.77. The van der Waals surface area contributed by atoms with Gasteiger partial charge in [-0.3, -0.25) is 4.79 Å². The van der Waals surface area contributed by atoms with Crippen molar-refractivity contribution in [3.63, 3.8) is 0 Å². The SMILES string of the molecule is O=CC(CO)C(=O)Oc1ccccc1. The summed E-state index contributed by atoms with van der Waals surface area (Å²) in [6, 6.07) is 8.38. The molecule has 1 unspecified atom stereocenters. The third-order valence-corrected chi connectivity index (χ3v) is 1.63. The first kappa shape index (κ1) is 10.4. The van der Waals surface area contributed by atoms with Crippen LogP contribution in [0.25, 0.3) is 0 Å². The van der Waals surface area contributed by atoms with E-state index in [9.17, 15) is 9.59 Å². The molecule has 0 radical (unpaired) electrons. The van der Waals surface area contributed by atoms with Gasteiger partial charge < -0.3 is 14.6 Å². The maximum absolute atomic E-state index is 11.2. The second kappa shape index (κ2) is 5.14. The molecule has 0 aliphatic rings. The van der Waals surface area contributed by atoms with E-state index >= 15 is 0 Å². The van der Waals surface area contributed by atoms with Gasteiger partial charge in [0, 0.05) is 0 Å². The van der Waals surface area contributed by atoms with Crippen LogP contribution < -0.4 is 4.74 Å². The number of carbonyl (C=O) groups is 2. The molecule has 14 heavy (non-hydrogen) atoms. The predicted octanol–water partition coefficient (Wildman–Crippen LogP) is 0.399. The van der Waals surface area contributed by atoms with Crippen LogP contribution in [0.1, 0.15) is 0 Å². The Balaban J connectivity index is 2.61. The number of benzene rings is 1. The predicted molar refractivity (Wildman–Crippen MR) is 48.7 cm³/mol. The molecule has 4 nitrogen and oxygen atoms in total. The van der Waals surface area contributed by atoms with Crippen molar-refractivity contribution in [2.75, 3.05) is 6.61 Å². The fraction of sp³-hybridized carbons (Fsp3) is 0.200. The Bertz CT molecular complexity index is 307. The summed E-state index contributed by atoms with van der Waals surface area (Å²) in [6.45, 7) is -0.533. The van der Waals surface area contributed by atoms with Crippen molar-refractivity contribution in [1.29, 1.82) is 0 Å². The lowest BCUT2D eigenvalue weighted by Gasteiger charge is -2.06. The quantitative estimate of drug-likeness (QED) is 0.326. The van der Waals surface area contributed by atoms with Gasteiger partial charge in [0.2, 0.25) is 0 Å². The number of aldehydes is 1. The lowest BCUT2D eigenvalue weighted by Crippen LogP contribution is -2.24. The van der Waals surface area contributed by atoms with Gasteiger partial charge in [-0.1, -0.05) is 18.2 Å². The smallest absolute Gasteiger partial charge is 0.323 e. The second-order valence-corrected chi connectivity index (χ2v) is 2.66. The Hall–Kier alpha value is -1.68. The van der Waals surface area contributed by atoms with Gasteiger partial charge in [-0.2, -0.15) is 0 Å². The van der Waals surface area contributed by atoms with Gasteiger partial charge in [0.15, 0.2) is 0 Å². The number of hydrogen-bond acceptors (Lipinski definition) is 4. The van der Waals surface area contributed by atoms with Crippen LogP contribution >= 0.6 is 0 Å². The number of ether oxygens (including phenoxy) is 1. The molecule has 1 rings (SSSR count). The Kier molecular flexibility index (Phi) is 3.82. The minimum Gasteiger partial charge on any atom is -0.426 e. The molecule has 0 aliphatic carbocycles. The lowest BCUT2D eigenvalue weighted by atomic mass is 10.2. The molecule has 0 amide bonds. The molecule has 0 aromatic heterocycles. The molecule has 1 aromatic carbocycles. The highest BCUT2D eigenvalue weighted by Gasteiger charge is 2.18. The van der Waals surface area contributed by atoms with Gasteiger partial charge in [-0.05, 0) is 12.1 Å². The first-order valence-corrected chi connectivity index (χ1v) is 4.11. The van der Waals surface area contributed by atoms with E-state index in [1.54, 1.807) is 30.3 Å². The van der Waals surface area contributed by atoms with Crippen molar-refractivity contribution in [2.24, 2.45) is 5.92 Å². The average Bonchev–Trinajstić information content (AvgIpc) is 2.21. The van der Waals surface area contributed by atoms with E-state index in [4.69, 9.17) is 9.84 Å². The van der Waals surface area contributed by atoms with E-state index in [-0.39, 0.29) is 0 Å². The zero-order chi connectivity index (χ0) is 10.4. The summed E-state index contributed by atoms with van der Waals surface area (Å²) in [6.07, 6.45) is 0.366. The average molecular weight is 194 g/mol. The minimum absolute atomic E-state index is 0.359. The molecule has 74 valence electrons. The van der Waals surface area contributed by atoms with Gasteiger partial charge in [0.25, 0.3) is 0 Å². The zero-order valence-electron chi connectivity index (χ0n) is 7.42. The van der Waals surface area contributed by atoms with Crippen LogP contribution in [0, 0.1) is 5.92 Å². The third kappa shape index (κ3) is 2.67. The lowest BCUT2D eigenvalue weighted by molar-refractivity contribution is -0.142.